The van der Waals surface area contributed by atoms with Gasteiger partial charge in [0, 0.05) is 18.0 Å². The van der Waals surface area contributed by atoms with Crippen LogP contribution in [-0.2, 0) is 10.0 Å². The van der Waals surface area contributed by atoms with Gasteiger partial charge in [0.05, 0.1) is 10.6 Å². The second-order valence-electron chi connectivity index (χ2n) is 4.28. The van der Waals surface area contributed by atoms with Gasteiger partial charge in [0.15, 0.2) is 0 Å². The first-order valence-electron chi connectivity index (χ1n) is 6.16. The highest BCUT2D eigenvalue weighted by molar-refractivity contribution is 7.92. The molecule has 21 heavy (non-hydrogen) atoms. The lowest BCUT2D eigenvalue weighted by atomic mass is 10.1. The molecule has 0 atom stereocenters. The maximum Gasteiger partial charge on any atom is 0.261 e. The Bertz CT molecular complexity index is 791. The number of pyridine rings is 1. The van der Waals surface area contributed by atoms with E-state index in [1.807, 2.05) is 0 Å². The molecule has 1 heterocycles. The zero-order valence-electron chi connectivity index (χ0n) is 11.4. The maximum atomic E-state index is 12.3. The molecule has 0 saturated heterocycles. The minimum absolute atomic E-state index is 0.159. The van der Waals surface area contributed by atoms with Crippen LogP contribution in [0, 0.1) is 18.8 Å². The van der Waals surface area contributed by atoms with Crippen LogP contribution in [0.1, 0.15) is 11.1 Å². The summed E-state index contributed by atoms with van der Waals surface area (Å²) >= 11 is 0. The van der Waals surface area contributed by atoms with Gasteiger partial charge in [0.25, 0.3) is 10.0 Å². The smallest absolute Gasteiger partial charge is 0.261 e. The van der Waals surface area contributed by atoms with Crippen LogP contribution in [0.25, 0.3) is 0 Å². The first-order chi connectivity index (χ1) is 10.0. The molecule has 0 fully saturated rings. The first-order valence-corrected chi connectivity index (χ1v) is 7.64. The third-order valence-electron chi connectivity index (χ3n) is 2.74. The van der Waals surface area contributed by atoms with Crippen molar-refractivity contribution in [1.82, 2.24) is 4.98 Å². The highest BCUT2D eigenvalue weighted by Crippen LogP contribution is 2.18. The molecule has 0 aliphatic heterocycles. The number of hydrogen-bond acceptors (Lipinski definition) is 4. The molecule has 2 N–H and O–H groups in total. The minimum Gasteiger partial charge on any atom is -0.384 e. The molecule has 0 saturated carbocycles. The number of aromatic nitrogens is 1. The van der Waals surface area contributed by atoms with Crippen LogP contribution in [-0.4, -0.2) is 25.1 Å². The van der Waals surface area contributed by atoms with Crippen LogP contribution < -0.4 is 4.72 Å². The van der Waals surface area contributed by atoms with Gasteiger partial charge in [-0.25, -0.2) is 8.42 Å². The predicted octanol–water partition coefficient (Wildman–Crippen LogP) is 1.53. The molecule has 2 rings (SSSR count). The van der Waals surface area contributed by atoms with E-state index in [1.165, 1.54) is 18.5 Å². The number of aliphatic hydroxyl groups is 1. The maximum absolute atomic E-state index is 12.3. The van der Waals surface area contributed by atoms with Crippen molar-refractivity contribution in [3.63, 3.8) is 0 Å². The third kappa shape index (κ3) is 3.81. The Hall–Kier alpha value is -2.36. The highest BCUT2D eigenvalue weighted by atomic mass is 32.2. The number of rotatable bonds is 3. The molecular formula is C15H14N2O3S. The van der Waals surface area contributed by atoms with Gasteiger partial charge >= 0.3 is 0 Å². The quantitative estimate of drug-likeness (QED) is 0.843. The van der Waals surface area contributed by atoms with Crippen LogP contribution in [0.3, 0.4) is 0 Å². The summed E-state index contributed by atoms with van der Waals surface area (Å²) in [5.41, 5.74) is 1.87. The lowest BCUT2D eigenvalue weighted by Gasteiger charge is -2.09. The fourth-order valence-electron chi connectivity index (χ4n) is 1.71. The van der Waals surface area contributed by atoms with Gasteiger partial charge in [-0.05, 0) is 42.8 Å². The molecule has 1 aromatic carbocycles. The Kier molecular flexibility index (Phi) is 4.58. The molecule has 0 aliphatic carbocycles. The van der Waals surface area contributed by atoms with Crippen molar-refractivity contribution in [2.75, 3.05) is 11.3 Å². The van der Waals surface area contributed by atoms with E-state index in [0.29, 0.717) is 11.3 Å². The van der Waals surface area contributed by atoms with E-state index >= 15 is 0 Å². The number of hydrogen-bond donors (Lipinski definition) is 2. The number of aliphatic hydroxyl groups excluding tert-OH is 1. The molecule has 6 heteroatoms. The van der Waals surface area contributed by atoms with Crippen LogP contribution >= 0.6 is 0 Å². The number of nitrogens with one attached hydrogen (secondary N) is 1. The fourth-order valence-corrected chi connectivity index (χ4v) is 2.86. The van der Waals surface area contributed by atoms with E-state index in [9.17, 15) is 8.42 Å². The van der Waals surface area contributed by atoms with Crippen LogP contribution in [0.4, 0.5) is 5.69 Å². The van der Waals surface area contributed by atoms with Gasteiger partial charge in [-0.2, -0.15) is 0 Å². The molecule has 0 aliphatic rings. The van der Waals surface area contributed by atoms with Gasteiger partial charge in [0.2, 0.25) is 0 Å². The molecule has 0 amide bonds. The normalized spacial score (nSPS) is 10.6. The van der Waals surface area contributed by atoms with Crippen molar-refractivity contribution in [1.29, 1.82) is 0 Å². The molecule has 0 radical (unpaired) electrons. The standard InChI is InChI=1S/C15H14N2O3S/c1-12-11-15(5-4-13(12)3-2-10-18)21(19,20)17-14-6-8-16-9-7-14/h4-9,11,18H,10H2,1H3,(H,16,17). The Labute approximate surface area is 123 Å². The van der Waals surface area contributed by atoms with Crippen molar-refractivity contribution in [2.24, 2.45) is 0 Å². The van der Waals surface area contributed by atoms with Gasteiger partial charge in [-0.15, -0.1) is 0 Å². The molecule has 0 unspecified atom stereocenters. The highest BCUT2D eigenvalue weighted by Gasteiger charge is 2.14. The van der Waals surface area contributed by atoms with Crippen molar-refractivity contribution in [3.8, 4) is 11.8 Å². The first kappa shape index (κ1) is 15.0. The lowest BCUT2D eigenvalue weighted by molar-refractivity contribution is 0.350. The Morgan fingerprint density at radius 1 is 1.24 bits per heavy atom. The zero-order chi connectivity index (χ0) is 15.3. The summed E-state index contributed by atoms with van der Waals surface area (Å²) in [7, 11) is -3.65. The van der Waals surface area contributed by atoms with Crippen LogP contribution in [0.5, 0.6) is 0 Å². The summed E-state index contributed by atoms with van der Waals surface area (Å²) in [4.78, 5) is 3.99. The fraction of sp³-hybridized carbons (Fsp3) is 0.133. The van der Waals surface area contributed by atoms with E-state index in [1.54, 1.807) is 31.2 Å². The summed E-state index contributed by atoms with van der Waals surface area (Å²) in [6.07, 6.45) is 3.02. The molecule has 2 aromatic rings. The van der Waals surface area contributed by atoms with E-state index in [4.69, 9.17) is 5.11 Å². The average molecular weight is 302 g/mol. The van der Waals surface area contributed by atoms with Gasteiger partial charge < -0.3 is 5.11 Å². The van der Waals surface area contributed by atoms with Crippen LogP contribution in [0.15, 0.2) is 47.6 Å². The predicted molar refractivity (Wildman–Crippen MR) is 80.2 cm³/mol. The topological polar surface area (TPSA) is 79.3 Å². The second-order valence-corrected chi connectivity index (χ2v) is 5.96. The molecular weight excluding hydrogens is 288 g/mol. The molecule has 0 spiro atoms. The van der Waals surface area contributed by atoms with Crippen LogP contribution in [0.2, 0.25) is 0 Å². The summed E-state index contributed by atoms with van der Waals surface area (Å²) in [6, 6.07) is 7.80. The number of aryl methyl sites for hydroxylation is 1. The molecule has 5 nitrogen and oxygen atoms in total. The summed E-state index contributed by atoms with van der Waals surface area (Å²) < 4.78 is 27.0. The van der Waals surface area contributed by atoms with Crippen molar-refractivity contribution in [2.45, 2.75) is 11.8 Å². The van der Waals surface area contributed by atoms with E-state index in [2.05, 4.69) is 21.5 Å². The number of sulfonamides is 1. The molecule has 108 valence electrons. The summed E-state index contributed by atoms with van der Waals surface area (Å²) in [5, 5.41) is 8.68. The monoisotopic (exact) mass is 302 g/mol. The van der Waals surface area contributed by atoms with Gasteiger partial charge in [-0.1, -0.05) is 11.8 Å². The van der Waals surface area contributed by atoms with E-state index < -0.39 is 10.0 Å². The minimum atomic E-state index is -3.65. The van der Waals surface area contributed by atoms with Gasteiger partial charge in [0.1, 0.15) is 6.61 Å². The summed E-state index contributed by atoms with van der Waals surface area (Å²) in [5.74, 6) is 5.30. The second kappa shape index (κ2) is 6.39. The van der Waals surface area contributed by atoms with Crippen molar-refractivity contribution < 1.29 is 13.5 Å². The molecule has 0 bridgehead atoms. The van der Waals surface area contributed by atoms with E-state index in [-0.39, 0.29) is 11.5 Å². The van der Waals surface area contributed by atoms with Gasteiger partial charge in [-0.3, -0.25) is 9.71 Å². The zero-order valence-corrected chi connectivity index (χ0v) is 12.2. The average Bonchev–Trinajstić information content (AvgIpc) is 2.46. The van der Waals surface area contributed by atoms with Crippen molar-refractivity contribution in [3.05, 3.63) is 53.9 Å². The SMILES string of the molecule is Cc1cc(S(=O)(=O)Nc2ccncc2)ccc1C#CCO. The number of nitrogens with zero attached hydrogens (tertiary/aromatic N) is 1. The van der Waals surface area contributed by atoms with E-state index in [0.717, 1.165) is 5.56 Å². The Morgan fingerprint density at radius 2 is 1.95 bits per heavy atom. The lowest BCUT2D eigenvalue weighted by Crippen LogP contribution is -2.13. The number of benzene rings is 1. The Morgan fingerprint density at radius 3 is 2.57 bits per heavy atom. The third-order valence-corrected chi connectivity index (χ3v) is 4.12. The Balaban J connectivity index is 2.31. The van der Waals surface area contributed by atoms with Crippen molar-refractivity contribution >= 4 is 15.7 Å². The molecule has 1 aromatic heterocycles. The number of anilines is 1. The summed E-state index contributed by atoms with van der Waals surface area (Å²) in [6.45, 7) is 1.54. The largest absolute Gasteiger partial charge is 0.384 e.